The maximum atomic E-state index is 13.1. The minimum Gasteiger partial charge on any atom is -0.338 e. The molecule has 25 heavy (non-hydrogen) atoms. The first-order valence-electron chi connectivity index (χ1n) is 9.24. The predicted octanol–water partition coefficient (Wildman–Crippen LogP) is 4.86. The molecule has 130 valence electrons. The van der Waals surface area contributed by atoms with E-state index in [2.05, 4.69) is 18.0 Å². The number of nitriles is 1. The summed E-state index contributed by atoms with van der Waals surface area (Å²) in [7, 11) is 0. The van der Waals surface area contributed by atoms with E-state index in [1.807, 2.05) is 31.2 Å². The molecule has 0 radical (unpaired) electrons. The number of pyridine rings is 1. The molecule has 0 aliphatic heterocycles. The van der Waals surface area contributed by atoms with Crippen LogP contribution in [0.3, 0.4) is 0 Å². The number of unbranched alkanes of at least 4 members (excludes halogenated alkanes) is 5. The fourth-order valence-corrected chi connectivity index (χ4v) is 3.60. The second-order valence-corrected chi connectivity index (χ2v) is 6.74. The summed E-state index contributed by atoms with van der Waals surface area (Å²) in [5, 5.41) is 9.64. The normalized spacial score (nSPS) is 11.2. The molecule has 4 nitrogen and oxygen atoms in total. The SMILES string of the molecule is CCCCCCCCc1c(C)c(C#N)c2[nH]c3ccccc3n2c1=O. The summed E-state index contributed by atoms with van der Waals surface area (Å²) in [4.78, 5) is 16.3. The summed E-state index contributed by atoms with van der Waals surface area (Å²) in [6.07, 6.45) is 7.88. The molecule has 0 aliphatic rings. The van der Waals surface area contributed by atoms with Crippen molar-refractivity contribution in [1.82, 2.24) is 9.38 Å². The molecule has 0 bridgehead atoms. The number of aromatic nitrogens is 2. The van der Waals surface area contributed by atoms with Gasteiger partial charge in [-0.1, -0.05) is 51.2 Å². The van der Waals surface area contributed by atoms with Crippen LogP contribution >= 0.6 is 0 Å². The summed E-state index contributed by atoms with van der Waals surface area (Å²) in [5.74, 6) is 0. The molecule has 0 spiro atoms. The molecule has 3 rings (SSSR count). The molecule has 2 aromatic heterocycles. The average molecular weight is 335 g/mol. The van der Waals surface area contributed by atoms with E-state index in [0.717, 1.165) is 41.4 Å². The van der Waals surface area contributed by atoms with E-state index < -0.39 is 0 Å². The van der Waals surface area contributed by atoms with E-state index in [4.69, 9.17) is 0 Å². The topological polar surface area (TPSA) is 61.1 Å². The zero-order valence-electron chi connectivity index (χ0n) is 15.1. The van der Waals surface area contributed by atoms with Gasteiger partial charge in [-0.3, -0.25) is 9.20 Å². The average Bonchev–Trinajstić information content (AvgIpc) is 3.00. The quantitative estimate of drug-likeness (QED) is 0.627. The van der Waals surface area contributed by atoms with Crippen LogP contribution < -0.4 is 5.56 Å². The Morgan fingerprint density at radius 3 is 2.60 bits per heavy atom. The maximum absolute atomic E-state index is 13.1. The smallest absolute Gasteiger partial charge is 0.260 e. The van der Waals surface area contributed by atoms with E-state index in [9.17, 15) is 10.1 Å². The Kier molecular flexibility index (Phi) is 5.23. The van der Waals surface area contributed by atoms with Crippen LogP contribution in [0.2, 0.25) is 0 Å². The summed E-state index contributed by atoms with van der Waals surface area (Å²) in [6.45, 7) is 4.11. The third-order valence-corrected chi connectivity index (χ3v) is 5.04. The van der Waals surface area contributed by atoms with E-state index in [1.54, 1.807) is 4.40 Å². The summed E-state index contributed by atoms with van der Waals surface area (Å²) in [5.41, 5.74) is 4.53. The zero-order valence-corrected chi connectivity index (χ0v) is 15.1. The number of fused-ring (bicyclic) bond motifs is 3. The number of benzene rings is 1. The zero-order chi connectivity index (χ0) is 17.8. The molecule has 0 atom stereocenters. The molecule has 0 unspecified atom stereocenters. The molecule has 0 fully saturated rings. The van der Waals surface area contributed by atoms with Crippen molar-refractivity contribution in [3.05, 3.63) is 51.3 Å². The molecule has 1 N–H and O–H groups in total. The number of rotatable bonds is 7. The number of aromatic amines is 1. The highest BCUT2D eigenvalue weighted by atomic mass is 16.1. The highest BCUT2D eigenvalue weighted by Gasteiger charge is 2.17. The van der Waals surface area contributed by atoms with Crippen molar-refractivity contribution in [3.8, 4) is 6.07 Å². The number of imidazole rings is 1. The third-order valence-electron chi connectivity index (χ3n) is 5.04. The number of para-hydroxylation sites is 2. The Hall–Kier alpha value is -2.54. The number of nitrogens with zero attached hydrogens (tertiary/aromatic N) is 2. The molecule has 2 heterocycles. The maximum Gasteiger partial charge on any atom is 0.260 e. The number of nitrogens with one attached hydrogen (secondary N) is 1. The molecule has 0 amide bonds. The van der Waals surface area contributed by atoms with Gasteiger partial charge in [-0.05, 0) is 37.5 Å². The Morgan fingerprint density at radius 1 is 1.12 bits per heavy atom. The van der Waals surface area contributed by atoms with Gasteiger partial charge in [0.15, 0.2) is 0 Å². The van der Waals surface area contributed by atoms with Gasteiger partial charge >= 0.3 is 0 Å². The van der Waals surface area contributed by atoms with Crippen LogP contribution in [0.15, 0.2) is 29.1 Å². The summed E-state index contributed by atoms with van der Waals surface area (Å²) >= 11 is 0. The second-order valence-electron chi connectivity index (χ2n) is 6.74. The van der Waals surface area contributed by atoms with E-state index in [-0.39, 0.29) is 5.56 Å². The van der Waals surface area contributed by atoms with Gasteiger partial charge in [0.05, 0.1) is 16.6 Å². The Bertz CT molecular complexity index is 988. The van der Waals surface area contributed by atoms with E-state index in [1.165, 1.54) is 25.7 Å². The van der Waals surface area contributed by atoms with Gasteiger partial charge in [-0.2, -0.15) is 5.26 Å². The fraction of sp³-hybridized carbons (Fsp3) is 0.429. The van der Waals surface area contributed by atoms with Crippen molar-refractivity contribution in [1.29, 1.82) is 5.26 Å². The molecule has 3 aromatic rings. The summed E-state index contributed by atoms with van der Waals surface area (Å²) < 4.78 is 1.67. The first kappa shape index (κ1) is 17.3. The van der Waals surface area contributed by atoms with Crippen molar-refractivity contribution in [2.24, 2.45) is 0 Å². The first-order valence-corrected chi connectivity index (χ1v) is 9.24. The lowest BCUT2D eigenvalue weighted by Gasteiger charge is -2.09. The van der Waals surface area contributed by atoms with Crippen LogP contribution in [0.4, 0.5) is 0 Å². The van der Waals surface area contributed by atoms with Crippen molar-refractivity contribution < 1.29 is 0 Å². The highest BCUT2D eigenvalue weighted by molar-refractivity contribution is 5.82. The van der Waals surface area contributed by atoms with Crippen molar-refractivity contribution in [2.75, 3.05) is 0 Å². The number of hydrogen-bond acceptors (Lipinski definition) is 2. The molecular formula is C21H25N3O. The Labute approximate surface area is 148 Å². The molecule has 0 saturated carbocycles. The molecule has 4 heteroatoms. The minimum absolute atomic E-state index is 0.0116. The van der Waals surface area contributed by atoms with Gasteiger partial charge in [-0.25, -0.2) is 0 Å². The molecule has 0 aliphatic carbocycles. The largest absolute Gasteiger partial charge is 0.338 e. The Balaban J connectivity index is 2.00. The lowest BCUT2D eigenvalue weighted by Crippen LogP contribution is -2.21. The summed E-state index contributed by atoms with van der Waals surface area (Å²) in [6, 6.07) is 10.00. The van der Waals surface area contributed by atoms with E-state index >= 15 is 0 Å². The van der Waals surface area contributed by atoms with Crippen molar-refractivity contribution >= 4 is 16.7 Å². The van der Waals surface area contributed by atoms with Crippen LogP contribution in [0.1, 0.15) is 62.1 Å². The molecule has 0 saturated heterocycles. The van der Waals surface area contributed by atoms with Crippen LogP contribution in [-0.4, -0.2) is 9.38 Å². The van der Waals surface area contributed by atoms with Crippen LogP contribution in [0.5, 0.6) is 0 Å². The molecule has 1 aromatic carbocycles. The predicted molar refractivity (Wildman–Crippen MR) is 102 cm³/mol. The monoisotopic (exact) mass is 335 g/mol. The minimum atomic E-state index is 0.0116. The van der Waals surface area contributed by atoms with Gasteiger partial charge in [0.2, 0.25) is 0 Å². The van der Waals surface area contributed by atoms with Crippen LogP contribution in [-0.2, 0) is 6.42 Å². The van der Waals surface area contributed by atoms with Gasteiger partial charge in [0, 0.05) is 5.56 Å². The van der Waals surface area contributed by atoms with Gasteiger partial charge in [0.25, 0.3) is 5.56 Å². The number of hydrogen-bond donors (Lipinski definition) is 1. The standard InChI is InChI=1S/C21H25N3O/c1-3-4-5-6-7-8-11-16-15(2)17(14-22)20-23-18-12-9-10-13-19(18)24(20)21(16)25/h9-10,12-13,23H,3-8,11H2,1-2H3. The van der Waals surface area contributed by atoms with Gasteiger partial charge < -0.3 is 4.98 Å². The highest BCUT2D eigenvalue weighted by Crippen LogP contribution is 2.22. The third kappa shape index (κ3) is 3.19. The lowest BCUT2D eigenvalue weighted by atomic mass is 9.99. The first-order chi connectivity index (χ1) is 12.2. The van der Waals surface area contributed by atoms with Crippen molar-refractivity contribution in [3.63, 3.8) is 0 Å². The van der Waals surface area contributed by atoms with Gasteiger partial charge in [-0.15, -0.1) is 0 Å². The lowest BCUT2D eigenvalue weighted by molar-refractivity contribution is 0.605. The number of H-pyrrole nitrogens is 1. The van der Waals surface area contributed by atoms with Gasteiger partial charge in [0.1, 0.15) is 11.7 Å². The Morgan fingerprint density at radius 2 is 1.84 bits per heavy atom. The van der Waals surface area contributed by atoms with Crippen LogP contribution in [0, 0.1) is 18.3 Å². The van der Waals surface area contributed by atoms with Crippen LogP contribution in [0.25, 0.3) is 16.7 Å². The van der Waals surface area contributed by atoms with E-state index in [0.29, 0.717) is 11.2 Å². The second kappa shape index (κ2) is 7.57. The molecular weight excluding hydrogens is 310 g/mol. The van der Waals surface area contributed by atoms with Crippen molar-refractivity contribution in [2.45, 2.75) is 58.8 Å². The fourth-order valence-electron chi connectivity index (χ4n) is 3.60.